The van der Waals surface area contributed by atoms with Crippen LogP contribution in [0.15, 0.2) is 16.6 Å². The van der Waals surface area contributed by atoms with E-state index in [0.29, 0.717) is 11.0 Å². The standard InChI is InChI=1S/C12H17N5O2S2/c13-10-11(17-5-6-20-12(17)14-10)21(18,19)15-8-3-4-16(7-8)9-1-2-9/h5-6,8-9,15H,1-4,7,13H2. The van der Waals surface area contributed by atoms with Gasteiger partial charge >= 0.3 is 0 Å². The lowest BCUT2D eigenvalue weighted by molar-refractivity contribution is 0.322. The van der Waals surface area contributed by atoms with E-state index in [9.17, 15) is 8.42 Å². The number of anilines is 1. The highest BCUT2D eigenvalue weighted by molar-refractivity contribution is 7.89. The highest BCUT2D eigenvalue weighted by Crippen LogP contribution is 2.30. The number of nitrogens with one attached hydrogen (secondary N) is 1. The number of hydrogen-bond donors (Lipinski definition) is 2. The van der Waals surface area contributed by atoms with Crippen LogP contribution in [0.25, 0.3) is 4.96 Å². The molecule has 1 saturated carbocycles. The number of sulfonamides is 1. The topological polar surface area (TPSA) is 92.7 Å². The zero-order chi connectivity index (χ0) is 14.6. The molecule has 1 saturated heterocycles. The van der Waals surface area contributed by atoms with Gasteiger partial charge in [-0.25, -0.2) is 18.1 Å². The zero-order valence-electron chi connectivity index (χ0n) is 11.4. The SMILES string of the molecule is Nc1nc2sccn2c1S(=O)(=O)NC1CCN(C2CC2)C1. The summed E-state index contributed by atoms with van der Waals surface area (Å²) in [6, 6.07) is 0.627. The Hall–Kier alpha value is -1.16. The van der Waals surface area contributed by atoms with Crippen molar-refractivity contribution in [2.45, 2.75) is 36.4 Å². The van der Waals surface area contributed by atoms with Gasteiger partial charge in [0.05, 0.1) is 0 Å². The van der Waals surface area contributed by atoms with Crippen molar-refractivity contribution < 1.29 is 8.42 Å². The fourth-order valence-electron chi connectivity index (χ4n) is 2.98. The third-order valence-corrected chi connectivity index (χ3v) is 6.42. The molecular formula is C12H17N5O2S2. The number of rotatable bonds is 4. The number of thiazole rings is 1. The fourth-order valence-corrected chi connectivity index (χ4v) is 5.23. The maximum absolute atomic E-state index is 12.6. The number of aromatic nitrogens is 2. The Morgan fingerprint density at radius 2 is 2.19 bits per heavy atom. The number of nitrogens with zero attached hydrogens (tertiary/aromatic N) is 3. The van der Waals surface area contributed by atoms with E-state index >= 15 is 0 Å². The minimum absolute atomic E-state index is 0.0424. The van der Waals surface area contributed by atoms with Crippen LogP contribution in [0.3, 0.4) is 0 Å². The molecule has 2 aliphatic rings. The minimum atomic E-state index is -3.65. The molecular weight excluding hydrogens is 310 g/mol. The highest BCUT2D eigenvalue weighted by atomic mass is 32.2. The van der Waals surface area contributed by atoms with Crippen LogP contribution in [-0.2, 0) is 10.0 Å². The summed E-state index contributed by atoms with van der Waals surface area (Å²) in [6.07, 6.45) is 5.01. The van der Waals surface area contributed by atoms with Gasteiger partial charge in [-0.05, 0) is 19.3 Å². The van der Waals surface area contributed by atoms with E-state index in [-0.39, 0.29) is 16.9 Å². The van der Waals surface area contributed by atoms with Gasteiger partial charge in [0.25, 0.3) is 10.0 Å². The van der Waals surface area contributed by atoms with Crippen molar-refractivity contribution >= 4 is 32.1 Å². The van der Waals surface area contributed by atoms with Crippen LogP contribution < -0.4 is 10.5 Å². The first-order valence-electron chi connectivity index (χ1n) is 7.02. The molecule has 2 aromatic rings. The molecule has 114 valence electrons. The molecule has 0 amide bonds. The molecule has 21 heavy (non-hydrogen) atoms. The van der Waals surface area contributed by atoms with E-state index < -0.39 is 10.0 Å². The van der Waals surface area contributed by atoms with Gasteiger partial charge in [-0.1, -0.05) is 0 Å². The second-order valence-electron chi connectivity index (χ2n) is 5.69. The van der Waals surface area contributed by atoms with Gasteiger partial charge in [0, 0.05) is 36.8 Å². The second-order valence-corrected chi connectivity index (χ2v) is 8.19. The first-order valence-corrected chi connectivity index (χ1v) is 9.38. The van der Waals surface area contributed by atoms with Crippen molar-refractivity contribution in [2.75, 3.05) is 18.8 Å². The number of likely N-dealkylation sites (tertiary alicyclic amines) is 1. The van der Waals surface area contributed by atoms with Crippen molar-refractivity contribution in [2.24, 2.45) is 0 Å². The Balaban J connectivity index is 1.58. The van der Waals surface area contributed by atoms with Gasteiger partial charge in [-0.3, -0.25) is 9.30 Å². The fraction of sp³-hybridized carbons (Fsp3) is 0.583. The summed E-state index contributed by atoms with van der Waals surface area (Å²) in [6.45, 7) is 1.75. The van der Waals surface area contributed by atoms with Crippen LogP contribution in [0.4, 0.5) is 5.82 Å². The molecule has 3 N–H and O–H groups in total. The third-order valence-electron chi connectivity index (χ3n) is 4.10. The lowest BCUT2D eigenvalue weighted by Crippen LogP contribution is -2.38. The summed E-state index contributed by atoms with van der Waals surface area (Å²) in [5.74, 6) is 0.0615. The van der Waals surface area contributed by atoms with E-state index in [1.54, 1.807) is 11.6 Å². The molecule has 9 heteroatoms. The molecule has 1 atom stereocenters. The van der Waals surface area contributed by atoms with Crippen molar-refractivity contribution in [1.29, 1.82) is 0 Å². The van der Waals surface area contributed by atoms with Crippen molar-refractivity contribution in [1.82, 2.24) is 19.0 Å². The Kier molecular flexibility index (Phi) is 3.00. The van der Waals surface area contributed by atoms with Crippen molar-refractivity contribution in [3.63, 3.8) is 0 Å². The van der Waals surface area contributed by atoms with E-state index in [1.807, 2.05) is 0 Å². The molecule has 0 radical (unpaired) electrons. The summed E-state index contributed by atoms with van der Waals surface area (Å²) in [4.78, 5) is 7.06. The van der Waals surface area contributed by atoms with E-state index in [4.69, 9.17) is 5.73 Å². The Morgan fingerprint density at radius 3 is 2.95 bits per heavy atom. The van der Waals surface area contributed by atoms with Crippen LogP contribution in [0, 0.1) is 0 Å². The molecule has 3 heterocycles. The Labute approximate surface area is 126 Å². The van der Waals surface area contributed by atoms with Crippen molar-refractivity contribution in [3.8, 4) is 0 Å². The summed E-state index contributed by atoms with van der Waals surface area (Å²) in [7, 11) is -3.65. The Bertz CT molecular complexity index is 777. The van der Waals surface area contributed by atoms with Crippen LogP contribution in [0.2, 0.25) is 0 Å². The Morgan fingerprint density at radius 1 is 1.38 bits per heavy atom. The maximum Gasteiger partial charge on any atom is 0.260 e. The molecule has 1 aliphatic carbocycles. The van der Waals surface area contributed by atoms with E-state index in [1.165, 1.54) is 28.6 Å². The number of fused-ring (bicyclic) bond motifs is 1. The first-order chi connectivity index (χ1) is 10.0. The molecule has 7 nitrogen and oxygen atoms in total. The molecule has 4 rings (SSSR count). The average molecular weight is 327 g/mol. The highest BCUT2D eigenvalue weighted by Gasteiger charge is 2.36. The van der Waals surface area contributed by atoms with Gasteiger partial charge in [-0.2, -0.15) is 0 Å². The number of imidazole rings is 1. The number of nitrogen functional groups attached to an aromatic ring is 1. The van der Waals surface area contributed by atoms with Crippen LogP contribution in [0.5, 0.6) is 0 Å². The van der Waals surface area contributed by atoms with Gasteiger partial charge in [0.15, 0.2) is 15.8 Å². The number of hydrogen-bond acceptors (Lipinski definition) is 6. The zero-order valence-corrected chi connectivity index (χ0v) is 13.0. The first kappa shape index (κ1) is 13.5. The molecule has 1 aliphatic heterocycles. The molecule has 0 bridgehead atoms. The molecule has 0 spiro atoms. The predicted molar refractivity (Wildman–Crippen MR) is 80.8 cm³/mol. The average Bonchev–Trinajstić information content (AvgIpc) is 2.84. The lowest BCUT2D eigenvalue weighted by Gasteiger charge is -2.15. The van der Waals surface area contributed by atoms with E-state index in [2.05, 4.69) is 14.6 Å². The van der Waals surface area contributed by atoms with Crippen LogP contribution >= 0.6 is 11.3 Å². The molecule has 2 aromatic heterocycles. The van der Waals surface area contributed by atoms with Gasteiger partial charge in [0.1, 0.15) is 0 Å². The smallest absolute Gasteiger partial charge is 0.260 e. The summed E-state index contributed by atoms with van der Waals surface area (Å²) in [5.41, 5.74) is 5.79. The van der Waals surface area contributed by atoms with Gasteiger partial charge in [0.2, 0.25) is 0 Å². The molecule has 1 unspecified atom stereocenters. The molecule has 0 aromatic carbocycles. The third kappa shape index (κ3) is 2.33. The predicted octanol–water partition coefficient (Wildman–Crippen LogP) is 0.493. The number of nitrogens with two attached hydrogens (primary N) is 1. The lowest BCUT2D eigenvalue weighted by atomic mass is 10.3. The monoisotopic (exact) mass is 327 g/mol. The molecule has 2 fully saturated rings. The normalized spacial score (nSPS) is 24.1. The quantitative estimate of drug-likeness (QED) is 0.853. The largest absolute Gasteiger partial charge is 0.381 e. The van der Waals surface area contributed by atoms with Crippen LogP contribution in [-0.4, -0.2) is 47.9 Å². The minimum Gasteiger partial charge on any atom is -0.381 e. The second kappa shape index (κ2) is 4.67. The summed E-state index contributed by atoms with van der Waals surface area (Å²) in [5, 5.41) is 1.86. The van der Waals surface area contributed by atoms with E-state index in [0.717, 1.165) is 19.5 Å². The van der Waals surface area contributed by atoms with Crippen LogP contribution in [0.1, 0.15) is 19.3 Å². The van der Waals surface area contributed by atoms with Gasteiger partial charge < -0.3 is 5.73 Å². The summed E-state index contributed by atoms with van der Waals surface area (Å²) < 4.78 is 29.5. The summed E-state index contributed by atoms with van der Waals surface area (Å²) >= 11 is 1.37. The van der Waals surface area contributed by atoms with Gasteiger partial charge in [-0.15, -0.1) is 11.3 Å². The maximum atomic E-state index is 12.6. The van der Waals surface area contributed by atoms with Crippen molar-refractivity contribution in [3.05, 3.63) is 11.6 Å².